The molecule has 0 saturated carbocycles. The normalized spacial score (nSPS) is 16.0. The van der Waals surface area contributed by atoms with Crippen molar-refractivity contribution in [2.24, 2.45) is 0 Å². The standard InChI is InChI=1S/C22H15ClO2S/c23-16-9-6-10-17(13-16)26-22-19(14-24)18-11-4-5-12-20(18)25-21(22)15-7-2-1-3-8-15/h1-14,19H. The quantitative estimate of drug-likeness (QED) is 0.507. The summed E-state index contributed by atoms with van der Waals surface area (Å²) >= 11 is 7.65. The van der Waals surface area contributed by atoms with Crippen molar-refractivity contribution in [1.29, 1.82) is 0 Å². The fourth-order valence-corrected chi connectivity index (χ4v) is 4.37. The maximum atomic E-state index is 12.0. The van der Waals surface area contributed by atoms with Crippen LogP contribution in [-0.2, 0) is 4.79 Å². The van der Waals surface area contributed by atoms with Gasteiger partial charge in [0.1, 0.15) is 17.8 Å². The summed E-state index contributed by atoms with van der Waals surface area (Å²) in [4.78, 5) is 13.9. The fraction of sp³-hybridized carbons (Fsp3) is 0.0455. The van der Waals surface area contributed by atoms with Crippen molar-refractivity contribution >= 4 is 35.4 Å². The van der Waals surface area contributed by atoms with Crippen molar-refractivity contribution in [3.63, 3.8) is 0 Å². The maximum absolute atomic E-state index is 12.0. The lowest BCUT2D eigenvalue weighted by Crippen LogP contribution is -2.14. The number of aldehydes is 1. The molecule has 0 saturated heterocycles. The number of allylic oxidation sites excluding steroid dienone is 1. The van der Waals surface area contributed by atoms with Gasteiger partial charge in [0.2, 0.25) is 0 Å². The third-order valence-corrected chi connectivity index (χ3v) is 5.55. The lowest BCUT2D eigenvalue weighted by atomic mass is 9.95. The number of carbonyl (C=O) groups is 1. The average molecular weight is 379 g/mol. The molecule has 0 fully saturated rings. The van der Waals surface area contributed by atoms with Crippen LogP contribution in [0.1, 0.15) is 17.0 Å². The highest BCUT2D eigenvalue weighted by Crippen LogP contribution is 2.48. The molecule has 1 atom stereocenters. The first kappa shape index (κ1) is 17.0. The summed E-state index contributed by atoms with van der Waals surface area (Å²) < 4.78 is 6.23. The van der Waals surface area contributed by atoms with Gasteiger partial charge in [0.05, 0.1) is 5.92 Å². The Bertz CT molecular complexity index is 982. The molecule has 3 aromatic rings. The van der Waals surface area contributed by atoms with Crippen LogP contribution in [0.4, 0.5) is 0 Å². The maximum Gasteiger partial charge on any atom is 0.145 e. The van der Waals surface area contributed by atoms with Gasteiger partial charge in [0.15, 0.2) is 0 Å². The van der Waals surface area contributed by atoms with Crippen LogP contribution in [0.25, 0.3) is 5.76 Å². The molecule has 128 valence electrons. The molecule has 3 aromatic carbocycles. The summed E-state index contributed by atoms with van der Waals surface area (Å²) in [6, 6.07) is 25.2. The van der Waals surface area contributed by atoms with E-state index in [0.29, 0.717) is 10.8 Å². The second kappa shape index (κ2) is 7.40. The minimum Gasteiger partial charge on any atom is -0.456 e. The van der Waals surface area contributed by atoms with E-state index in [2.05, 4.69) is 0 Å². The number of hydrogen-bond donors (Lipinski definition) is 0. The van der Waals surface area contributed by atoms with Gasteiger partial charge in [0, 0.05) is 26.0 Å². The lowest BCUT2D eigenvalue weighted by Gasteiger charge is -2.27. The lowest BCUT2D eigenvalue weighted by molar-refractivity contribution is -0.108. The second-order valence-corrected chi connectivity index (χ2v) is 7.42. The predicted octanol–water partition coefficient (Wildman–Crippen LogP) is 6.18. The molecule has 0 radical (unpaired) electrons. The number of hydrogen-bond acceptors (Lipinski definition) is 3. The van der Waals surface area contributed by atoms with Crippen LogP contribution in [0.15, 0.2) is 88.7 Å². The minimum absolute atomic E-state index is 0.376. The molecule has 4 heteroatoms. The van der Waals surface area contributed by atoms with E-state index >= 15 is 0 Å². The van der Waals surface area contributed by atoms with Gasteiger partial charge in [-0.05, 0) is 24.3 Å². The Hall–Kier alpha value is -2.49. The summed E-state index contributed by atoms with van der Waals surface area (Å²) in [5.41, 5.74) is 1.82. The first-order chi connectivity index (χ1) is 12.8. The van der Waals surface area contributed by atoms with E-state index in [0.717, 1.165) is 33.0 Å². The summed E-state index contributed by atoms with van der Waals surface area (Å²) in [6.45, 7) is 0. The summed E-state index contributed by atoms with van der Waals surface area (Å²) in [6.07, 6.45) is 0.983. The molecule has 0 aromatic heterocycles. The Kier molecular flexibility index (Phi) is 4.83. The van der Waals surface area contributed by atoms with Crippen molar-refractivity contribution in [3.8, 4) is 5.75 Å². The number of thioether (sulfide) groups is 1. The number of rotatable bonds is 4. The highest BCUT2D eigenvalue weighted by Gasteiger charge is 2.30. The van der Waals surface area contributed by atoms with Crippen LogP contribution in [0, 0.1) is 0 Å². The van der Waals surface area contributed by atoms with Crippen molar-refractivity contribution in [2.75, 3.05) is 0 Å². The van der Waals surface area contributed by atoms with Crippen molar-refractivity contribution in [3.05, 3.63) is 99.9 Å². The molecule has 26 heavy (non-hydrogen) atoms. The van der Waals surface area contributed by atoms with Gasteiger partial charge in [-0.2, -0.15) is 0 Å². The SMILES string of the molecule is O=CC1C(Sc2cccc(Cl)c2)=C(c2ccccc2)Oc2ccccc21. The molecular weight excluding hydrogens is 364 g/mol. The molecule has 0 N–H and O–H groups in total. The zero-order valence-corrected chi connectivity index (χ0v) is 15.3. The van der Waals surface area contributed by atoms with E-state index in [-0.39, 0.29) is 5.92 Å². The number of halogens is 1. The molecule has 1 unspecified atom stereocenters. The van der Waals surface area contributed by atoms with E-state index in [4.69, 9.17) is 16.3 Å². The van der Waals surface area contributed by atoms with Crippen LogP contribution in [0.3, 0.4) is 0 Å². The first-order valence-electron chi connectivity index (χ1n) is 8.21. The Labute approximate surface area is 161 Å². The first-order valence-corrected chi connectivity index (χ1v) is 9.41. The Morgan fingerprint density at radius 1 is 0.923 bits per heavy atom. The van der Waals surface area contributed by atoms with Crippen LogP contribution >= 0.6 is 23.4 Å². The number of benzene rings is 3. The van der Waals surface area contributed by atoms with Crippen molar-refractivity contribution in [2.45, 2.75) is 10.8 Å². The van der Waals surface area contributed by atoms with Gasteiger partial charge < -0.3 is 9.53 Å². The van der Waals surface area contributed by atoms with E-state index in [1.807, 2.05) is 78.9 Å². The predicted molar refractivity (Wildman–Crippen MR) is 107 cm³/mol. The Morgan fingerprint density at radius 2 is 1.69 bits per heavy atom. The molecule has 0 bridgehead atoms. The average Bonchev–Trinajstić information content (AvgIpc) is 2.68. The zero-order chi connectivity index (χ0) is 17.9. The molecule has 4 rings (SSSR count). The van der Waals surface area contributed by atoms with E-state index < -0.39 is 0 Å². The number of ether oxygens (including phenoxy) is 1. The largest absolute Gasteiger partial charge is 0.456 e. The van der Waals surface area contributed by atoms with Crippen molar-refractivity contribution < 1.29 is 9.53 Å². The van der Waals surface area contributed by atoms with Crippen LogP contribution < -0.4 is 4.74 Å². The van der Waals surface area contributed by atoms with E-state index in [1.165, 1.54) is 11.8 Å². The molecular formula is C22H15ClO2S. The molecule has 1 aliphatic heterocycles. The Morgan fingerprint density at radius 3 is 2.46 bits per heavy atom. The smallest absolute Gasteiger partial charge is 0.145 e. The summed E-state index contributed by atoms with van der Waals surface area (Å²) in [5, 5.41) is 0.664. The van der Waals surface area contributed by atoms with Crippen LogP contribution in [0.2, 0.25) is 5.02 Å². The molecule has 2 nitrogen and oxygen atoms in total. The number of fused-ring (bicyclic) bond motifs is 1. The number of para-hydroxylation sites is 1. The van der Waals surface area contributed by atoms with Gasteiger partial charge in [-0.15, -0.1) is 0 Å². The summed E-state index contributed by atoms with van der Waals surface area (Å²) in [7, 11) is 0. The highest BCUT2D eigenvalue weighted by atomic mass is 35.5. The van der Waals surface area contributed by atoms with Gasteiger partial charge in [-0.3, -0.25) is 0 Å². The minimum atomic E-state index is -0.376. The van der Waals surface area contributed by atoms with Gasteiger partial charge in [0.25, 0.3) is 0 Å². The van der Waals surface area contributed by atoms with E-state index in [1.54, 1.807) is 0 Å². The second-order valence-electron chi connectivity index (χ2n) is 5.87. The van der Waals surface area contributed by atoms with Crippen LogP contribution in [-0.4, -0.2) is 6.29 Å². The van der Waals surface area contributed by atoms with E-state index in [9.17, 15) is 4.79 Å². The summed E-state index contributed by atoms with van der Waals surface area (Å²) in [5.74, 6) is 1.06. The van der Waals surface area contributed by atoms with Gasteiger partial charge in [-0.25, -0.2) is 0 Å². The fourth-order valence-electron chi connectivity index (χ4n) is 2.97. The third kappa shape index (κ3) is 3.28. The molecule has 1 aliphatic rings. The van der Waals surface area contributed by atoms with Gasteiger partial charge in [-0.1, -0.05) is 78.0 Å². The third-order valence-electron chi connectivity index (χ3n) is 4.17. The molecule has 1 heterocycles. The number of carbonyl (C=O) groups excluding carboxylic acids is 1. The van der Waals surface area contributed by atoms with Gasteiger partial charge >= 0.3 is 0 Å². The van der Waals surface area contributed by atoms with Crippen LogP contribution in [0.5, 0.6) is 5.75 Å². The van der Waals surface area contributed by atoms with Crippen molar-refractivity contribution in [1.82, 2.24) is 0 Å². The Balaban J connectivity index is 1.87. The monoisotopic (exact) mass is 378 g/mol. The topological polar surface area (TPSA) is 26.3 Å². The molecule has 0 aliphatic carbocycles. The zero-order valence-electron chi connectivity index (χ0n) is 13.8. The highest BCUT2D eigenvalue weighted by molar-refractivity contribution is 8.03. The molecule has 0 spiro atoms. The molecule has 0 amide bonds.